The van der Waals surface area contributed by atoms with E-state index in [1.807, 2.05) is 32.0 Å². The van der Waals surface area contributed by atoms with Gasteiger partial charge in [0.05, 0.1) is 45.4 Å². The van der Waals surface area contributed by atoms with E-state index in [-0.39, 0.29) is 27.6 Å². The summed E-state index contributed by atoms with van der Waals surface area (Å²) in [6, 6.07) is 12.1. The van der Waals surface area contributed by atoms with E-state index in [1.54, 1.807) is 24.3 Å². The van der Waals surface area contributed by atoms with Crippen LogP contribution in [0.2, 0.25) is 5.02 Å². The molecular formula is C28H24ClF3N8. The summed E-state index contributed by atoms with van der Waals surface area (Å²) in [6.45, 7) is 6.13. The molecule has 1 aliphatic heterocycles. The molecule has 0 saturated carbocycles. The number of nitrogens with one attached hydrogen (secondary N) is 4. The highest BCUT2D eigenvalue weighted by Gasteiger charge is 2.28. The Kier molecular flexibility index (Phi) is 7.14. The molecule has 0 saturated heterocycles. The van der Waals surface area contributed by atoms with Crippen molar-refractivity contribution < 1.29 is 13.2 Å². The maximum absolute atomic E-state index is 13.9. The van der Waals surface area contributed by atoms with Gasteiger partial charge in [-0.05, 0) is 50.6 Å². The number of benzene rings is 2. The normalized spacial score (nSPS) is 13.9. The predicted octanol–water partition coefficient (Wildman–Crippen LogP) is 6.43. The quantitative estimate of drug-likeness (QED) is 0.199. The third kappa shape index (κ3) is 5.45. The molecule has 12 heteroatoms. The molecule has 1 aliphatic rings. The van der Waals surface area contributed by atoms with Gasteiger partial charge in [-0.3, -0.25) is 9.99 Å². The van der Waals surface area contributed by atoms with E-state index in [1.165, 1.54) is 18.3 Å². The van der Waals surface area contributed by atoms with Crippen molar-refractivity contribution >= 4 is 39.6 Å². The van der Waals surface area contributed by atoms with E-state index in [2.05, 4.69) is 37.6 Å². The fourth-order valence-corrected chi connectivity index (χ4v) is 4.46. The molecule has 4 N–H and O–H groups in total. The zero-order chi connectivity index (χ0) is 28.6. The Balaban J connectivity index is 1.59. The summed E-state index contributed by atoms with van der Waals surface area (Å²) in [6.07, 6.45) is 4.38. The maximum atomic E-state index is 13.9. The molecule has 4 aromatic rings. The van der Waals surface area contributed by atoms with Gasteiger partial charge in [-0.15, -0.1) is 5.53 Å². The van der Waals surface area contributed by atoms with E-state index in [4.69, 9.17) is 11.6 Å². The molecule has 0 unspecified atom stereocenters. The van der Waals surface area contributed by atoms with E-state index in [9.17, 15) is 18.4 Å². The van der Waals surface area contributed by atoms with Crippen LogP contribution in [0.3, 0.4) is 0 Å². The average Bonchev–Trinajstić information content (AvgIpc) is 3.41. The second-order valence-corrected chi connectivity index (χ2v) is 10.5. The van der Waals surface area contributed by atoms with Crippen molar-refractivity contribution in [3.8, 4) is 6.07 Å². The van der Waals surface area contributed by atoms with Gasteiger partial charge < -0.3 is 16.1 Å². The number of fused-ring (bicyclic) bond motifs is 1. The Morgan fingerprint density at radius 2 is 1.77 bits per heavy atom. The van der Waals surface area contributed by atoms with Gasteiger partial charge in [0.15, 0.2) is 5.82 Å². The fourth-order valence-electron chi connectivity index (χ4n) is 4.20. The topological polar surface area (TPSA) is 101 Å². The minimum Gasteiger partial charge on any atom is -0.373 e. The molecule has 5 rings (SSSR count). The summed E-state index contributed by atoms with van der Waals surface area (Å²) >= 11 is 6.64. The Morgan fingerprint density at radius 1 is 1.02 bits per heavy atom. The summed E-state index contributed by atoms with van der Waals surface area (Å²) in [5.41, 5.74) is 9.13. The third-order valence-electron chi connectivity index (χ3n) is 6.25. The summed E-state index contributed by atoms with van der Waals surface area (Å²) in [5.74, 6) is -2.74. The first-order valence-corrected chi connectivity index (χ1v) is 12.6. The van der Waals surface area contributed by atoms with Crippen LogP contribution in [0.25, 0.3) is 10.9 Å². The van der Waals surface area contributed by atoms with Crippen molar-refractivity contribution in [3.63, 3.8) is 0 Å². The first-order valence-electron chi connectivity index (χ1n) is 12.2. The molecule has 1 atom stereocenters. The van der Waals surface area contributed by atoms with Crippen LogP contribution < -0.4 is 21.6 Å². The molecule has 0 spiro atoms. The van der Waals surface area contributed by atoms with Gasteiger partial charge >= 0.3 is 0 Å². The van der Waals surface area contributed by atoms with Gasteiger partial charge in [0.2, 0.25) is 5.95 Å². The lowest BCUT2D eigenvalue weighted by Crippen LogP contribution is -2.47. The number of rotatable bonds is 6. The van der Waals surface area contributed by atoms with Gasteiger partial charge in [-0.2, -0.15) is 9.65 Å². The number of halogens is 4. The molecule has 0 amide bonds. The van der Waals surface area contributed by atoms with Crippen LogP contribution in [-0.2, 0) is 0 Å². The van der Waals surface area contributed by atoms with Crippen molar-refractivity contribution in [1.29, 1.82) is 5.26 Å². The monoisotopic (exact) mass is 564 g/mol. The second kappa shape index (κ2) is 10.6. The minimum absolute atomic E-state index is 0.134. The Morgan fingerprint density at radius 3 is 2.42 bits per heavy atom. The van der Waals surface area contributed by atoms with Crippen LogP contribution in [0.1, 0.15) is 37.9 Å². The highest BCUT2D eigenvalue weighted by atomic mass is 35.5. The second-order valence-electron chi connectivity index (χ2n) is 10.1. The van der Waals surface area contributed by atoms with Crippen LogP contribution in [0.15, 0.2) is 66.8 Å². The van der Waals surface area contributed by atoms with Crippen LogP contribution in [0, 0.1) is 28.9 Å². The van der Waals surface area contributed by atoms with Crippen molar-refractivity contribution in [2.24, 2.45) is 0 Å². The van der Waals surface area contributed by atoms with Gasteiger partial charge in [-0.25, -0.2) is 13.8 Å². The van der Waals surface area contributed by atoms with Crippen LogP contribution in [-0.4, -0.2) is 20.5 Å². The van der Waals surface area contributed by atoms with Crippen molar-refractivity contribution in [3.05, 3.63) is 100 Å². The third-order valence-corrected chi connectivity index (χ3v) is 6.54. The molecular weight excluding hydrogens is 541 g/mol. The van der Waals surface area contributed by atoms with E-state index in [0.29, 0.717) is 22.3 Å². The SMILES string of the molecule is CC(C)(C)N1C=C([C@@H](Nc2cc(Cl)c3ncc(C#N)c(Nc4cnc(F)c(F)c4)c3c2)c2ccc(F)cc2)NN1. The number of pyridine rings is 2. The molecule has 0 radical (unpaired) electrons. The van der Waals surface area contributed by atoms with Crippen LogP contribution in [0.5, 0.6) is 0 Å². The summed E-state index contributed by atoms with van der Waals surface area (Å²) < 4.78 is 41.0. The summed E-state index contributed by atoms with van der Waals surface area (Å²) in [7, 11) is 0. The average molecular weight is 565 g/mol. The Hall–Kier alpha value is -4.53. The van der Waals surface area contributed by atoms with E-state index >= 15 is 0 Å². The Bertz CT molecular complexity index is 1660. The number of nitriles is 1. The number of hydrogen-bond donors (Lipinski definition) is 4. The minimum atomic E-state index is -1.23. The Labute approximate surface area is 233 Å². The number of aromatic nitrogens is 2. The molecule has 2 aromatic carbocycles. The molecule has 8 nitrogen and oxygen atoms in total. The molecule has 204 valence electrons. The maximum Gasteiger partial charge on any atom is 0.249 e. The zero-order valence-electron chi connectivity index (χ0n) is 21.7. The molecule has 40 heavy (non-hydrogen) atoms. The number of hydrogen-bond acceptors (Lipinski definition) is 8. The molecule has 0 aliphatic carbocycles. The lowest BCUT2D eigenvalue weighted by Gasteiger charge is -2.30. The van der Waals surface area contributed by atoms with Gasteiger partial charge in [0.1, 0.15) is 11.9 Å². The standard InChI is InChI=1S/C28H24ClF3N8/c1-28(2,3)40-14-23(38-39-40)25(15-4-6-17(30)7-5-15)36-18-8-20-24(37-19-10-22(31)27(32)35-13-19)16(11-33)12-34-26(20)21(29)9-18/h4-10,12-14,25,36,38-39H,1-3H3,(H,34,37)/t25-/m0/s1. The molecule has 2 aromatic heterocycles. The van der Waals surface area contributed by atoms with Crippen LogP contribution >= 0.6 is 11.6 Å². The number of hydrazine groups is 2. The largest absolute Gasteiger partial charge is 0.373 e. The summed E-state index contributed by atoms with van der Waals surface area (Å²) in [5, 5.41) is 18.8. The first kappa shape index (κ1) is 27.1. The van der Waals surface area contributed by atoms with Gasteiger partial charge in [-0.1, -0.05) is 23.7 Å². The summed E-state index contributed by atoms with van der Waals surface area (Å²) in [4.78, 5) is 7.74. The van der Waals surface area contributed by atoms with Crippen LogP contribution in [0.4, 0.5) is 30.2 Å². The first-order chi connectivity index (χ1) is 19.0. The number of nitrogens with zero attached hydrogens (tertiary/aromatic N) is 4. The highest BCUT2D eigenvalue weighted by Crippen LogP contribution is 2.37. The number of anilines is 3. The van der Waals surface area contributed by atoms with E-state index in [0.717, 1.165) is 23.5 Å². The highest BCUT2D eigenvalue weighted by molar-refractivity contribution is 6.36. The van der Waals surface area contributed by atoms with Gasteiger partial charge in [0, 0.05) is 35.1 Å². The van der Waals surface area contributed by atoms with Crippen molar-refractivity contribution in [1.82, 2.24) is 25.9 Å². The fraction of sp³-hybridized carbons (Fsp3) is 0.179. The molecule has 3 heterocycles. The van der Waals surface area contributed by atoms with E-state index < -0.39 is 17.8 Å². The lowest BCUT2D eigenvalue weighted by molar-refractivity contribution is 0.138. The smallest absolute Gasteiger partial charge is 0.249 e. The zero-order valence-corrected chi connectivity index (χ0v) is 22.4. The molecule has 0 bridgehead atoms. The van der Waals surface area contributed by atoms with Crippen molar-refractivity contribution in [2.75, 3.05) is 10.6 Å². The molecule has 0 fully saturated rings. The lowest BCUT2D eigenvalue weighted by atomic mass is 10.0. The van der Waals surface area contributed by atoms with Crippen molar-refractivity contribution in [2.45, 2.75) is 32.4 Å². The predicted molar refractivity (Wildman–Crippen MR) is 148 cm³/mol. The van der Waals surface area contributed by atoms with Gasteiger partial charge in [0.25, 0.3) is 0 Å².